The van der Waals surface area contributed by atoms with Crippen LogP contribution < -0.4 is 0 Å². The van der Waals surface area contributed by atoms with Crippen LogP contribution in [0.4, 0.5) is 0 Å². The van der Waals surface area contributed by atoms with Crippen LogP contribution in [-0.4, -0.2) is 45.3 Å². The molecule has 2 atom stereocenters. The monoisotopic (exact) mass is 330 g/mol. The van der Waals surface area contributed by atoms with Crippen molar-refractivity contribution in [3.63, 3.8) is 0 Å². The molecule has 0 heterocycles. The Hall–Kier alpha value is 0.760. The lowest BCUT2D eigenvalue weighted by molar-refractivity contribution is 0.598. The average molecular weight is 330 g/mol. The molecule has 9 heteroatoms. The van der Waals surface area contributed by atoms with E-state index < -0.39 is 0 Å². The molecule has 0 saturated carbocycles. The van der Waals surface area contributed by atoms with E-state index in [0.717, 1.165) is 25.2 Å². The molecule has 0 aliphatic carbocycles. The molecule has 0 saturated heterocycles. The van der Waals surface area contributed by atoms with E-state index in [4.69, 9.17) is 4.89 Å². The van der Waals surface area contributed by atoms with Gasteiger partial charge in [-0.25, -0.2) is 0 Å². The first-order valence-electron chi connectivity index (χ1n) is 5.11. The second-order valence-electron chi connectivity index (χ2n) is 2.55. The molecule has 6 nitrogen and oxygen atoms in total. The van der Waals surface area contributed by atoms with Crippen molar-refractivity contribution in [2.75, 3.05) is 18.5 Å². The SMILES string of the molecule is CCCP.CCCP=O.CCCPO.O.O.O.O. The minimum absolute atomic E-state index is 0. The van der Waals surface area contributed by atoms with Gasteiger partial charge in [-0.15, -0.1) is 9.24 Å². The summed E-state index contributed by atoms with van der Waals surface area (Å²) in [6.07, 6.45) is 6.42. The van der Waals surface area contributed by atoms with Crippen molar-refractivity contribution < 1.29 is 31.4 Å². The molecule has 0 spiro atoms. The van der Waals surface area contributed by atoms with Crippen LogP contribution in [0.25, 0.3) is 0 Å². The Morgan fingerprint density at radius 3 is 1.39 bits per heavy atom. The molecule has 0 rings (SSSR count). The molecule has 18 heavy (non-hydrogen) atoms. The first-order chi connectivity index (χ1) is 6.74. The first kappa shape index (κ1) is 42.8. The first-order valence-corrected chi connectivity index (χ1v) is 8.07. The van der Waals surface area contributed by atoms with Gasteiger partial charge < -0.3 is 26.8 Å². The number of hydrogen-bond acceptors (Lipinski definition) is 2. The molecule has 0 aliphatic heterocycles. The number of hydrogen-bond donors (Lipinski definition) is 1. The van der Waals surface area contributed by atoms with Gasteiger partial charge in [-0.2, -0.15) is 0 Å². The third-order valence-electron chi connectivity index (χ3n) is 0.965. The van der Waals surface area contributed by atoms with Crippen LogP contribution in [0, 0.1) is 0 Å². The Morgan fingerprint density at radius 2 is 1.39 bits per heavy atom. The Labute approximate surface area is 117 Å². The highest BCUT2D eigenvalue weighted by molar-refractivity contribution is 7.31. The maximum atomic E-state index is 9.50. The summed E-state index contributed by atoms with van der Waals surface area (Å²) in [6.45, 7) is 6.22. The van der Waals surface area contributed by atoms with E-state index in [1.54, 1.807) is 0 Å². The maximum Gasteiger partial charge on any atom is 0.155 e. The van der Waals surface area contributed by atoms with E-state index in [1.807, 2.05) is 6.92 Å². The molecular weight excluding hydrogens is 297 g/mol. The smallest absolute Gasteiger partial charge is 0.155 e. The minimum atomic E-state index is 0. The minimum Gasteiger partial charge on any atom is -0.412 e. The van der Waals surface area contributed by atoms with E-state index in [9.17, 15) is 4.57 Å². The van der Waals surface area contributed by atoms with Gasteiger partial charge in [0, 0.05) is 15.0 Å². The van der Waals surface area contributed by atoms with Gasteiger partial charge in [-0.05, 0) is 18.7 Å². The van der Waals surface area contributed by atoms with E-state index in [0.29, 0.717) is 0 Å². The van der Waals surface area contributed by atoms with Crippen LogP contribution >= 0.6 is 26.5 Å². The Bertz CT molecular complexity index is 86.7. The van der Waals surface area contributed by atoms with Crippen LogP contribution in [0.1, 0.15) is 40.0 Å². The molecule has 0 aromatic heterocycles. The molecule has 120 valence electrons. The lowest BCUT2D eigenvalue weighted by Gasteiger charge is -1.79. The molecule has 0 fully saturated rings. The topological polar surface area (TPSA) is 163 Å². The molecule has 0 bridgehead atoms. The fraction of sp³-hybridized carbons (Fsp3) is 1.00. The molecule has 0 radical (unpaired) electrons. The Morgan fingerprint density at radius 1 is 1.00 bits per heavy atom. The molecular formula is C9H33O6P3. The van der Waals surface area contributed by atoms with Gasteiger partial charge in [0.1, 0.15) is 0 Å². The largest absolute Gasteiger partial charge is 0.412 e. The Kier molecular flexibility index (Phi) is 155. The highest BCUT2D eigenvalue weighted by Gasteiger charge is 1.69. The third kappa shape index (κ3) is 125. The van der Waals surface area contributed by atoms with Crippen LogP contribution in [-0.2, 0) is 4.57 Å². The van der Waals surface area contributed by atoms with Crippen LogP contribution in [0.3, 0.4) is 0 Å². The van der Waals surface area contributed by atoms with Crippen molar-refractivity contribution >= 4 is 26.5 Å². The quantitative estimate of drug-likeness (QED) is 0.732. The summed E-state index contributed by atoms with van der Waals surface area (Å²) >= 11 is 0. The lowest BCUT2D eigenvalue weighted by Crippen LogP contribution is -1.62. The Balaban J connectivity index is -0.0000000183. The molecule has 9 N–H and O–H groups in total. The second kappa shape index (κ2) is 65.0. The summed E-state index contributed by atoms with van der Waals surface area (Å²) in [5.74, 6) is 0. The fourth-order valence-electron chi connectivity index (χ4n) is 0.203. The maximum absolute atomic E-state index is 9.50. The summed E-state index contributed by atoms with van der Waals surface area (Å²) in [4.78, 5) is 8.09. The molecule has 0 amide bonds. The van der Waals surface area contributed by atoms with Crippen LogP contribution in [0.5, 0.6) is 0 Å². The number of rotatable bonds is 5. The van der Waals surface area contributed by atoms with Gasteiger partial charge >= 0.3 is 0 Å². The third-order valence-corrected chi connectivity index (χ3v) is 2.90. The van der Waals surface area contributed by atoms with Crippen LogP contribution in [0.2, 0.25) is 0 Å². The standard InChI is InChI=1S/C3H9OP.C3H7OP.C3H9P.4H2O/c2*1-2-3-5-4;1-2-3-4;;;;/h4-5H,2-3H2,1H3;2-3H2,1H3;2-4H2,1H3;4*1H2. The van der Waals surface area contributed by atoms with E-state index in [2.05, 4.69) is 23.1 Å². The highest BCUT2D eigenvalue weighted by atomic mass is 31.1. The zero-order chi connectivity index (χ0) is 11.7. The summed E-state index contributed by atoms with van der Waals surface area (Å²) in [6, 6.07) is 0. The molecule has 0 aliphatic rings. The predicted molar refractivity (Wildman–Crippen MR) is 87.8 cm³/mol. The van der Waals surface area contributed by atoms with Crippen molar-refractivity contribution in [1.82, 2.24) is 0 Å². The van der Waals surface area contributed by atoms with Crippen LogP contribution in [0.15, 0.2) is 0 Å². The van der Waals surface area contributed by atoms with Gasteiger partial charge in [-0.3, -0.25) is 4.57 Å². The van der Waals surface area contributed by atoms with Gasteiger partial charge in [0.25, 0.3) is 0 Å². The summed E-state index contributed by atoms with van der Waals surface area (Å²) in [5.41, 5.74) is 0. The van der Waals surface area contributed by atoms with Crippen molar-refractivity contribution in [1.29, 1.82) is 0 Å². The van der Waals surface area contributed by atoms with Crippen molar-refractivity contribution in [3.8, 4) is 0 Å². The van der Waals surface area contributed by atoms with Crippen molar-refractivity contribution in [2.24, 2.45) is 0 Å². The van der Waals surface area contributed by atoms with Gasteiger partial charge in [0.15, 0.2) is 8.46 Å². The predicted octanol–water partition coefficient (Wildman–Crippen LogP) is 0.643. The zero-order valence-corrected chi connectivity index (χ0v) is 14.7. The zero-order valence-electron chi connectivity index (χ0n) is 11.6. The van der Waals surface area contributed by atoms with E-state index in [-0.39, 0.29) is 39.2 Å². The van der Waals surface area contributed by atoms with Gasteiger partial charge in [-0.1, -0.05) is 33.6 Å². The van der Waals surface area contributed by atoms with Crippen molar-refractivity contribution in [2.45, 2.75) is 40.0 Å². The van der Waals surface area contributed by atoms with E-state index in [1.165, 1.54) is 12.6 Å². The normalized spacial score (nSPS) is 7.17. The molecule has 0 aromatic rings. The lowest BCUT2D eigenvalue weighted by atomic mass is 10.6. The summed E-state index contributed by atoms with van der Waals surface area (Å²) in [5, 5.41) is 0. The molecule has 2 unspecified atom stereocenters. The average Bonchev–Trinajstić information content (AvgIpc) is 2.22. The van der Waals surface area contributed by atoms with Gasteiger partial charge in [0.05, 0.1) is 0 Å². The van der Waals surface area contributed by atoms with Crippen molar-refractivity contribution in [3.05, 3.63) is 0 Å². The van der Waals surface area contributed by atoms with E-state index >= 15 is 0 Å². The summed E-state index contributed by atoms with van der Waals surface area (Å²) < 4.78 is 9.50. The second-order valence-corrected chi connectivity index (χ2v) is 4.65. The fourth-order valence-corrected chi connectivity index (χ4v) is 0.609. The summed E-state index contributed by atoms with van der Waals surface area (Å²) in [7, 11) is 3.09. The highest BCUT2D eigenvalue weighted by Crippen LogP contribution is 2.00. The molecule has 0 aromatic carbocycles. The van der Waals surface area contributed by atoms with Gasteiger partial charge in [0.2, 0.25) is 0 Å².